The molecule has 9 nitrogen and oxygen atoms in total. The largest absolute Gasteiger partial charge is 0.529 e. The number of hydrogen-bond donors (Lipinski definition) is 2. The standard InChI is InChI=1S/C26H26NO8P/c1-32-36(31,33-2)35-18-13-11-17(12-14-18)15-24(25(28)29)27-26(30)34-16-23-21-9-5-3-7-19(21)20-8-4-6-10-22(20)23/h3-14,23-24H,15-16H2,1-2H3,(H,27,30)(H,28,29). The quantitative estimate of drug-likeness (QED) is 0.365. The molecule has 1 atom stereocenters. The van der Waals surface area contributed by atoms with Crippen LogP contribution in [-0.2, 0) is 29.6 Å². The van der Waals surface area contributed by atoms with E-state index in [1.54, 1.807) is 12.1 Å². The molecule has 188 valence electrons. The number of nitrogens with one attached hydrogen (secondary N) is 1. The zero-order valence-corrected chi connectivity index (χ0v) is 20.6. The topological polar surface area (TPSA) is 120 Å². The zero-order valence-electron chi connectivity index (χ0n) is 19.7. The number of phosphoric acid groups is 1. The lowest BCUT2D eigenvalue weighted by Crippen LogP contribution is -2.42. The number of carboxylic acids is 1. The highest BCUT2D eigenvalue weighted by molar-refractivity contribution is 7.48. The second-order valence-corrected chi connectivity index (χ2v) is 9.92. The highest BCUT2D eigenvalue weighted by Crippen LogP contribution is 2.47. The SMILES string of the molecule is COP(=O)(OC)Oc1ccc(CC(NC(=O)OCC2c3ccccc3-c3ccccc32)C(=O)O)cc1. The smallest absolute Gasteiger partial charge is 0.480 e. The van der Waals surface area contributed by atoms with Crippen molar-refractivity contribution < 1.29 is 37.6 Å². The van der Waals surface area contributed by atoms with Crippen LogP contribution in [0.3, 0.4) is 0 Å². The van der Waals surface area contributed by atoms with E-state index in [-0.39, 0.29) is 24.7 Å². The van der Waals surface area contributed by atoms with E-state index in [0.29, 0.717) is 5.56 Å². The first kappa shape index (κ1) is 25.4. The average Bonchev–Trinajstić information content (AvgIpc) is 3.21. The minimum Gasteiger partial charge on any atom is -0.480 e. The average molecular weight is 511 g/mol. The predicted octanol–water partition coefficient (Wildman–Crippen LogP) is 5.00. The van der Waals surface area contributed by atoms with Crippen LogP contribution in [0.1, 0.15) is 22.6 Å². The molecule has 0 aromatic heterocycles. The number of aliphatic carboxylic acids is 1. The van der Waals surface area contributed by atoms with Crippen LogP contribution in [0.15, 0.2) is 72.8 Å². The maximum Gasteiger partial charge on any atom is 0.529 e. The fourth-order valence-electron chi connectivity index (χ4n) is 4.18. The summed E-state index contributed by atoms with van der Waals surface area (Å²) in [5, 5.41) is 12.1. The fraction of sp³-hybridized carbons (Fsp3) is 0.231. The first-order chi connectivity index (χ1) is 17.3. The van der Waals surface area contributed by atoms with Crippen molar-refractivity contribution >= 4 is 19.9 Å². The van der Waals surface area contributed by atoms with Crippen LogP contribution in [0.2, 0.25) is 0 Å². The summed E-state index contributed by atoms with van der Waals surface area (Å²) in [6, 6.07) is 20.9. The second-order valence-electron chi connectivity index (χ2n) is 8.11. The first-order valence-electron chi connectivity index (χ1n) is 11.2. The van der Waals surface area contributed by atoms with E-state index in [1.165, 1.54) is 26.4 Å². The third kappa shape index (κ3) is 5.60. The van der Waals surface area contributed by atoms with E-state index in [1.807, 2.05) is 48.5 Å². The van der Waals surface area contributed by atoms with Crippen molar-refractivity contribution in [2.24, 2.45) is 0 Å². The fourth-order valence-corrected chi connectivity index (χ4v) is 4.86. The summed E-state index contributed by atoms with van der Waals surface area (Å²) in [4.78, 5) is 24.3. The minimum absolute atomic E-state index is 0.00598. The third-order valence-electron chi connectivity index (χ3n) is 5.96. The summed E-state index contributed by atoms with van der Waals surface area (Å²) in [6.07, 6.45) is -0.809. The summed E-state index contributed by atoms with van der Waals surface area (Å²) in [5.74, 6) is -1.11. The molecule has 0 saturated heterocycles. The lowest BCUT2D eigenvalue weighted by Gasteiger charge is -2.18. The van der Waals surface area contributed by atoms with Gasteiger partial charge in [0.2, 0.25) is 0 Å². The number of ether oxygens (including phenoxy) is 1. The monoisotopic (exact) mass is 511 g/mol. The van der Waals surface area contributed by atoms with E-state index in [4.69, 9.17) is 18.3 Å². The molecule has 1 aliphatic rings. The third-order valence-corrected chi connectivity index (χ3v) is 7.29. The molecular formula is C26H26NO8P. The van der Waals surface area contributed by atoms with E-state index in [0.717, 1.165) is 22.3 Å². The van der Waals surface area contributed by atoms with Gasteiger partial charge in [-0.25, -0.2) is 14.2 Å². The predicted molar refractivity (Wildman–Crippen MR) is 132 cm³/mol. The van der Waals surface area contributed by atoms with Crippen molar-refractivity contribution in [3.8, 4) is 16.9 Å². The summed E-state index contributed by atoms with van der Waals surface area (Å²) >= 11 is 0. The number of amides is 1. The van der Waals surface area contributed by atoms with Gasteiger partial charge in [0.25, 0.3) is 0 Å². The molecule has 1 aliphatic carbocycles. The minimum atomic E-state index is -3.71. The molecule has 36 heavy (non-hydrogen) atoms. The van der Waals surface area contributed by atoms with Gasteiger partial charge in [-0.3, -0.25) is 9.05 Å². The zero-order chi connectivity index (χ0) is 25.7. The van der Waals surface area contributed by atoms with Gasteiger partial charge < -0.3 is 19.7 Å². The molecule has 0 heterocycles. The van der Waals surface area contributed by atoms with Gasteiger partial charge in [-0.05, 0) is 39.9 Å². The molecule has 4 rings (SSSR count). The number of carboxylic acid groups (broad SMARTS) is 1. The van der Waals surface area contributed by atoms with Gasteiger partial charge in [-0.15, -0.1) is 0 Å². The van der Waals surface area contributed by atoms with E-state index in [9.17, 15) is 19.3 Å². The van der Waals surface area contributed by atoms with Gasteiger partial charge in [-0.2, -0.15) is 0 Å². The Balaban J connectivity index is 1.37. The number of carbonyl (C=O) groups is 2. The molecular weight excluding hydrogens is 485 g/mol. The summed E-state index contributed by atoms with van der Waals surface area (Å²) < 4.78 is 32.2. The molecule has 0 spiro atoms. The van der Waals surface area contributed by atoms with Crippen LogP contribution in [-0.4, -0.2) is 44.0 Å². The summed E-state index contributed by atoms with van der Waals surface area (Å²) in [5.41, 5.74) is 4.94. The Morgan fingerprint density at radius 1 is 0.917 bits per heavy atom. The Morgan fingerprint density at radius 2 is 1.47 bits per heavy atom. The number of rotatable bonds is 10. The van der Waals surface area contributed by atoms with Gasteiger partial charge >= 0.3 is 19.9 Å². The van der Waals surface area contributed by atoms with Gasteiger partial charge in [0, 0.05) is 26.6 Å². The normalized spacial score (nSPS) is 13.4. The Labute approximate surface area is 208 Å². The van der Waals surface area contributed by atoms with Gasteiger partial charge in [-0.1, -0.05) is 60.7 Å². The molecule has 10 heteroatoms. The Bertz CT molecular complexity index is 1240. The summed E-state index contributed by atoms with van der Waals surface area (Å²) in [7, 11) is -1.31. The second kappa shape index (κ2) is 11.0. The van der Waals surface area contributed by atoms with Crippen molar-refractivity contribution in [2.45, 2.75) is 18.4 Å². The molecule has 1 amide bonds. The Kier molecular flexibility index (Phi) is 7.74. The molecule has 0 aliphatic heterocycles. The van der Waals surface area contributed by atoms with Crippen molar-refractivity contribution in [2.75, 3.05) is 20.8 Å². The van der Waals surface area contributed by atoms with E-state index in [2.05, 4.69) is 5.32 Å². The van der Waals surface area contributed by atoms with Crippen LogP contribution in [0.25, 0.3) is 11.1 Å². The lowest BCUT2D eigenvalue weighted by atomic mass is 9.98. The molecule has 0 bridgehead atoms. The Morgan fingerprint density at radius 3 is 2.00 bits per heavy atom. The number of fused-ring (bicyclic) bond motifs is 3. The number of carbonyl (C=O) groups excluding carboxylic acids is 1. The molecule has 2 N–H and O–H groups in total. The van der Waals surface area contributed by atoms with E-state index >= 15 is 0 Å². The number of phosphoric ester groups is 1. The van der Waals surface area contributed by atoms with Gasteiger partial charge in [0.1, 0.15) is 18.4 Å². The van der Waals surface area contributed by atoms with Crippen LogP contribution < -0.4 is 9.84 Å². The molecule has 0 fully saturated rings. The maximum absolute atomic E-state index is 12.5. The maximum atomic E-state index is 12.5. The van der Waals surface area contributed by atoms with Crippen molar-refractivity contribution in [1.82, 2.24) is 5.32 Å². The van der Waals surface area contributed by atoms with Crippen molar-refractivity contribution in [3.05, 3.63) is 89.5 Å². The Hall–Kier alpha value is -3.65. The number of alkyl carbamates (subject to hydrolysis) is 1. The van der Waals surface area contributed by atoms with E-state index < -0.39 is 25.9 Å². The molecule has 1 unspecified atom stereocenters. The van der Waals surface area contributed by atoms with Gasteiger partial charge in [0.05, 0.1) is 0 Å². The molecule has 3 aromatic rings. The van der Waals surface area contributed by atoms with Crippen LogP contribution in [0, 0.1) is 0 Å². The highest BCUT2D eigenvalue weighted by atomic mass is 31.2. The van der Waals surface area contributed by atoms with Crippen LogP contribution >= 0.6 is 7.82 Å². The molecule has 0 saturated carbocycles. The summed E-state index contributed by atoms with van der Waals surface area (Å²) in [6.45, 7) is 0.0806. The van der Waals surface area contributed by atoms with Crippen LogP contribution in [0.4, 0.5) is 4.79 Å². The van der Waals surface area contributed by atoms with Crippen molar-refractivity contribution in [1.29, 1.82) is 0 Å². The first-order valence-corrected chi connectivity index (χ1v) is 12.6. The number of hydrogen-bond acceptors (Lipinski definition) is 7. The van der Waals surface area contributed by atoms with Crippen LogP contribution in [0.5, 0.6) is 5.75 Å². The van der Waals surface area contributed by atoms with Crippen molar-refractivity contribution in [3.63, 3.8) is 0 Å². The number of benzene rings is 3. The molecule has 0 radical (unpaired) electrons. The van der Waals surface area contributed by atoms with Gasteiger partial charge in [0.15, 0.2) is 0 Å². The lowest BCUT2D eigenvalue weighted by molar-refractivity contribution is -0.139. The highest BCUT2D eigenvalue weighted by Gasteiger charge is 2.30. The molecule has 3 aromatic carbocycles.